The number of carbonyl (C=O) groups is 1. The number of aromatic nitrogens is 4. The summed E-state index contributed by atoms with van der Waals surface area (Å²) in [7, 11) is 0. The van der Waals surface area contributed by atoms with E-state index >= 15 is 0 Å². The second-order valence-electron chi connectivity index (χ2n) is 7.98. The number of nitrogens with zero attached hydrogens (tertiary/aromatic N) is 4. The summed E-state index contributed by atoms with van der Waals surface area (Å²) in [5, 5.41) is 7.97. The Labute approximate surface area is 179 Å². The lowest BCUT2D eigenvalue weighted by Gasteiger charge is -2.33. The highest BCUT2D eigenvalue weighted by Gasteiger charge is 2.28. The van der Waals surface area contributed by atoms with Crippen molar-refractivity contribution in [1.29, 1.82) is 0 Å². The van der Waals surface area contributed by atoms with Gasteiger partial charge >= 0.3 is 0 Å². The summed E-state index contributed by atoms with van der Waals surface area (Å²) in [5.74, 6) is 1.56. The largest absolute Gasteiger partial charge is 0.342 e. The zero-order valence-corrected chi connectivity index (χ0v) is 17.8. The highest BCUT2D eigenvalue weighted by Crippen LogP contribution is 2.28. The molecule has 0 saturated carbocycles. The number of H-pyrrole nitrogens is 1. The van der Waals surface area contributed by atoms with Gasteiger partial charge in [-0.05, 0) is 49.8 Å². The zero-order valence-electron chi connectivity index (χ0n) is 17.0. The molecule has 1 N–H and O–H groups in total. The molecule has 4 aromatic rings. The number of amides is 1. The maximum absolute atomic E-state index is 13.1. The summed E-state index contributed by atoms with van der Waals surface area (Å²) >= 11 is 1.49. The fourth-order valence-electron chi connectivity index (χ4n) is 4.29. The quantitative estimate of drug-likeness (QED) is 0.493. The molecule has 0 bridgehead atoms. The predicted molar refractivity (Wildman–Crippen MR) is 120 cm³/mol. The minimum Gasteiger partial charge on any atom is -0.342 e. The summed E-state index contributed by atoms with van der Waals surface area (Å²) in [6.45, 7) is 3.65. The molecular weight excluding hydrogens is 394 g/mol. The fourth-order valence-corrected chi connectivity index (χ4v) is 5.25. The normalized spacial score (nSPS) is 16.4. The molecule has 3 heterocycles. The Morgan fingerprint density at radius 3 is 2.67 bits per heavy atom. The molecule has 1 aliphatic rings. The molecule has 0 aliphatic carbocycles. The number of imidazole rings is 1. The molecule has 1 amide bonds. The first kappa shape index (κ1) is 19.2. The van der Waals surface area contributed by atoms with E-state index in [2.05, 4.69) is 45.5 Å². The molecule has 1 aliphatic heterocycles. The lowest BCUT2D eigenvalue weighted by Crippen LogP contribution is -2.42. The van der Waals surface area contributed by atoms with E-state index in [0.29, 0.717) is 11.7 Å². The number of para-hydroxylation sites is 2. The number of fused-ring (bicyclic) bond motifs is 3. The number of likely N-dealkylation sites (tertiary alicyclic amines) is 1. The van der Waals surface area contributed by atoms with Gasteiger partial charge in [-0.3, -0.25) is 9.20 Å². The van der Waals surface area contributed by atoms with E-state index in [1.807, 2.05) is 40.5 Å². The van der Waals surface area contributed by atoms with E-state index < -0.39 is 0 Å². The Morgan fingerprint density at radius 2 is 1.87 bits per heavy atom. The number of piperidine rings is 1. The highest BCUT2D eigenvalue weighted by molar-refractivity contribution is 8.00. The van der Waals surface area contributed by atoms with Crippen LogP contribution in [0.15, 0.2) is 59.8 Å². The molecule has 1 saturated heterocycles. The monoisotopic (exact) mass is 419 g/mol. The molecule has 1 atom stereocenters. The topological polar surface area (TPSA) is 66.3 Å². The molecule has 154 valence electrons. The molecular formula is C23H25N5OS. The van der Waals surface area contributed by atoms with Crippen molar-refractivity contribution in [2.75, 3.05) is 13.1 Å². The van der Waals surface area contributed by atoms with Crippen molar-refractivity contribution in [1.82, 2.24) is 24.5 Å². The molecule has 5 rings (SSSR count). The Bertz CT molecular complexity index is 1160. The number of hydrogen-bond acceptors (Lipinski definition) is 4. The average molecular weight is 420 g/mol. The van der Waals surface area contributed by atoms with E-state index in [0.717, 1.165) is 48.5 Å². The van der Waals surface area contributed by atoms with Gasteiger partial charge in [0.05, 0.1) is 16.3 Å². The van der Waals surface area contributed by atoms with Crippen LogP contribution < -0.4 is 0 Å². The van der Waals surface area contributed by atoms with Crippen LogP contribution >= 0.6 is 11.8 Å². The molecule has 1 fully saturated rings. The number of aromatic amines is 1. The molecule has 0 unspecified atom stereocenters. The average Bonchev–Trinajstić information content (AvgIpc) is 3.34. The summed E-state index contributed by atoms with van der Waals surface area (Å²) in [6, 6.07) is 18.6. The Morgan fingerprint density at radius 1 is 1.13 bits per heavy atom. The maximum atomic E-state index is 13.1. The van der Waals surface area contributed by atoms with Crippen LogP contribution in [0.25, 0.3) is 16.8 Å². The van der Waals surface area contributed by atoms with Gasteiger partial charge in [-0.15, -0.1) is 5.10 Å². The highest BCUT2D eigenvalue weighted by atomic mass is 32.2. The van der Waals surface area contributed by atoms with E-state index in [9.17, 15) is 4.79 Å². The van der Waals surface area contributed by atoms with Gasteiger partial charge in [0.2, 0.25) is 11.7 Å². The molecule has 2 aromatic heterocycles. The Hall–Kier alpha value is -2.80. The summed E-state index contributed by atoms with van der Waals surface area (Å²) in [4.78, 5) is 19.6. The van der Waals surface area contributed by atoms with E-state index in [1.165, 1.54) is 17.3 Å². The van der Waals surface area contributed by atoms with Crippen molar-refractivity contribution in [2.45, 2.75) is 36.6 Å². The lowest BCUT2D eigenvalue weighted by atomic mass is 9.90. The number of rotatable bonds is 5. The first-order chi connectivity index (χ1) is 14.7. The Balaban J connectivity index is 1.22. The van der Waals surface area contributed by atoms with Gasteiger partial charge in [-0.1, -0.05) is 54.2 Å². The second-order valence-corrected chi connectivity index (χ2v) is 9.29. The third kappa shape index (κ3) is 3.69. The van der Waals surface area contributed by atoms with Crippen molar-refractivity contribution in [2.24, 2.45) is 5.92 Å². The third-order valence-corrected chi connectivity index (χ3v) is 6.97. The van der Waals surface area contributed by atoms with E-state index in [4.69, 9.17) is 0 Å². The van der Waals surface area contributed by atoms with Crippen molar-refractivity contribution in [3.8, 4) is 0 Å². The SMILES string of the molecule is C[C@@H](Sc1n[nH]c2nc3ccccc3n12)C(=O)N1CCC(Cc2ccccc2)CC1. The summed E-state index contributed by atoms with van der Waals surface area (Å²) in [6.07, 6.45) is 3.24. The van der Waals surface area contributed by atoms with Crippen LogP contribution in [-0.2, 0) is 11.2 Å². The molecule has 6 nitrogen and oxygen atoms in total. The van der Waals surface area contributed by atoms with Crippen LogP contribution in [0.2, 0.25) is 0 Å². The predicted octanol–water partition coefficient (Wildman–Crippen LogP) is 4.17. The first-order valence-electron chi connectivity index (χ1n) is 10.5. The third-order valence-electron chi connectivity index (χ3n) is 5.93. The minimum atomic E-state index is -0.191. The molecule has 0 radical (unpaired) electrons. The number of hydrogen-bond donors (Lipinski definition) is 1. The van der Waals surface area contributed by atoms with Gasteiger partial charge in [-0.25, -0.2) is 10.1 Å². The minimum absolute atomic E-state index is 0.191. The lowest BCUT2D eigenvalue weighted by molar-refractivity contribution is -0.131. The Kier molecular flexibility index (Phi) is 5.21. The van der Waals surface area contributed by atoms with Crippen molar-refractivity contribution >= 4 is 34.5 Å². The van der Waals surface area contributed by atoms with Gasteiger partial charge in [-0.2, -0.15) is 0 Å². The van der Waals surface area contributed by atoms with Crippen LogP contribution in [0.5, 0.6) is 0 Å². The van der Waals surface area contributed by atoms with Crippen molar-refractivity contribution < 1.29 is 4.79 Å². The number of carbonyl (C=O) groups excluding carboxylic acids is 1. The van der Waals surface area contributed by atoms with Crippen molar-refractivity contribution in [3.63, 3.8) is 0 Å². The maximum Gasteiger partial charge on any atom is 0.235 e. The van der Waals surface area contributed by atoms with Crippen molar-refractivity contribution in [3.05, 3.63) is 60.2 Å². The molecule has 2 aromatic carbocycles. The van der Waals surface area contributed by atoms with E-state index in [1.54, 1.807) is 0 Å². The second kappa shape index (κ2) is 8.14. The number of thioether (sulfide) groups is 1. The smallest absolute Gasteiger partial charge is 0.235 e. The van der Waals surface area contributed by atoms with Gasteiger partial charge in [0.15, 0.2) is 5.16 Å². The molecule has 7 heteroatoms. The van der Waals surface area contributed by atoms with Gasteiger partial charge in [0.25, 0.3) is 0 Å². The molecule has 0 spiro atoms. The first-order valence-corrected chi connectivity index (χ1v) is 11.4. The van der Waals surface area contributed by atoms with Gasteiger partial charge in [0, 0.05) is 13.1 Å². The van der Waals surface area contributed by atoms with Crippen LogP contribution in [0, 0.1) is 5.92 Å². The van der Waals surface area contributed by atoms with E-state index in [-0.39, 0.29) is 11.2 Å². The standard InChI is InChI=1S/C23H25N5OS/c1-16(30-23-26-25-22-24-19-9-5-6-10-20(19)28(22)23)21(29)27-13-11-18(12-14-27)15-17-7-3-2-4-8-17/h2-10,16,18H,11-15H2,1H3,(H,24,25)/t16-/m1/s1. The van der Waals surface area contributed by atoms with Gasteiger partial charge < -0.3 is 4.90 Å². The van der Waals surface area contributed by atoms with Crippen LogP contribution in [0.4, 0.5) is 0 Å². The summed E-state index contributed by atoms with van der Waals surface area (Å²) in [5.41, 5.74) is 3.32. The summed E-state index contributed by atoms with van der Waals surface area (Å²) < 4.78 is 2.00. The van der Waals surface area contributed by atoms with Crippen LogP contribution in [0.1, 0.15) is 25.3 Å². The zero-order chi connectivity index (χ0) is 20.5. The number of benzene rings is 2. The molecule has 30 heavy (non-hydrogen) atoms. The fraction of sp³-hybridized carbons (Fsp3) is 0.348. The van der Waals surface area contributed by atoms with Gasteiger partial charge in [0.1, 0.15) is 0 Å². The van der Waals surface area contributed by atoms with Crippen LogP contribution in [-0.4, -0.2) is 48.7 Å². The number of nitrogens with one attached hydrogen (secondary N) is 1. The van der Waals surface area contributed by atoms with Crippen LogP contribution in [0.3, 0.4) is 0 Å².